The first kappa shape index (κ1) is 32.2. The zero-order chi connectivity index (χ0) is 24.9. The van der Waals surface area contributed by atoms with Gasteiger partial charge < -0.3 is 4.55 Å². The van der Waals surface area contributed by atoms with E-state index in [1.54, 1.807) is 4.68 Å². The van der Waals surface area contributed by atoms with Crippen LogP contribution in [0.1, 0.15) is 115 Å². The first-order valence-corrected chi connectivity index (χ1v) is 17.0. The van der Waals surface area contributed by atoms with Gasteiger partial charge in [-0.1, -0.05) is 113 Å². The molecule has 10 heteroatoms. The summed E-state index contributed by atoms with van der Waals surface area (Å²) >= 11 is 1.94. The van der Waals surface area contributed by atoms with Crippen molar-refractivity contribution in [1.82, 2.24) is 24.5 Å². The second-order valence-corrected chi connectivity index (χ2v) is 12.3. The average molecular weight is 629 g/mol. The molecule has 0 aliphatic carbocycles. The molecule has 2 atom stereocenters. The average Bonchev–Trinajstić information content (AvgIpc) is 3.25. The van der Waals surface area contributed by atoms with Crippen LogP contribution in [-0.2, 0) is 11.3 Å². The summed E-state index contributed by atoms with van der Waals surface area (Å²) in [5.41, 5.74) is 0. The molecule has 1 aromatic heterocycles. The van der Waals surface area contributed by atoms with Crippen LogP contribution in [0.4, 0.5) is 0 Å². The normalized spacial score (nSPS) is 13.6. The maximum atomic E-state index is 11.7. The number of tetrazole rings is 1. The zero-order valence-electron chi connectivity index (χ0n) is 21.5. The van der Waals surface area contributed by atoms with Crippen LogP contribution in [0.15, 0.2) is 0 Å². The Morgan fingerprint density at radius 2 is 1.53 bits per heavy atom. The highest BCUT2D eigenvalue weighted by molar-refractivity contribution is 14.1. The summed E-state index contributed by atoms with van der Waals surface area (Å²) in [4.78, 5) is 0. The number of aromatic nitrogens is 4. The van der Waals surface area contributed by atoms with E-state index in [2.05, 4.69) is 45.0 Å². The fourth-order valence-electron chi connectivity index (χ4n) is 4.09. The maximum absolute atomic E-state index is 11.7. The van der Waals surface area contributed by atoms with Crippen LogP contribution in [0.2, 0.25) is 0 Å². The van der Waals surface area contributed by atoms with Gasteiger partial charge in [-0.15, -0.1) is 5.10 Å². The molecule has 7 nitrogen and oxygen atoms in total. The molecule has 0 N–H and O–H groups in total. The van der Waals surface area contributed by atoms with Crippen LogP contribution < -0.4 is 0 Å². The summed E-state index contributed by atoms with van der Waals surface area (Å²) in [5, 5.41) is 11.9. The lowest BCUT2D eigenvalue weighted by Crippen LogP contribution is -2.35. The molecule has 0 spiro atoms. The zero-order valence-corrected chi connectivity index (χ0v) is 25.3. The molecule has 0 aliphatic rings. The Morgan fingerprint density at radius 1 is 0.971 bits per heavy atom. The van der Waals surface area contributed by atoms with Gasteiger partial charge in [-0.3, -0.25) is 4.21 Å². The van der Waals surface area contributed by atoms with Crippen LogP contribution in [0.3, 0.4) is 0 Å². The van der Waals surface area contributed by atoms with Crippen LogP contribution in [-0.4, -0.2) is 62.3 Å². The molecule has 0 saturated heterocycles. The number of nitrogens with zero attached hydrogens (tertiary/aromatic N) is 5. The van der Waals surface area contributed by atoms with Gasteiger partial charge in [0.25, 0.3) is 0 Å². The largest absolute Gasteiger partial charge is 0.760 e. The van der Waals surface area contributed by atoms with E-state index in [1.807, 2.05) is 18.7 Å². The van der Waals surface area contributed by atoms with Gasteiger partial charge in [-0.05, 0) is 35.9 Å². The van der Waals surface area contributed by atoms with Crippen molar-refractivity contribution >= 4 is 45.6 Å². The fourth-order valence-corrected chi connectivity index (χ4v) is 6.10. The Bertz CT molecular complexity index is 624. The molecule has 1 rings (SSSR count). The van der Waals surface area contributed by atoms with Crippen LogP contribution in [0.25, 0.3) is 0 Å². The van der Waals surface area contributed by atoms with Gasteiger partial charge in [0, 0.05) is 34.5 Å². The number of alkyl halides is 1. The third kappa shape index (κ3) is 16.1. The molecule has 1 heterocycles. The van der Waals surface area contributed by atoms with Gasteiger partial charge in [-0.2, -0.15) is 11.8 Å². The fraction of sp³-hybridized carbons (Fsp3) is 0.958. The number of halogens is 1. The Labute approximate surface area is 228 Å². The van der Waals surface area contributed by atoms with Gasteiger partial charge in [0.1, 0.15) is 5.82 Å². The number of aryl methyl sites for hydroxylation is 1. The molecular formula is C24H47IN5O2S2-. The SMILES string of the molecule is CCCCCCCCCCCCCCCCSCC(CN(CCCI)S(=O)[O-])n1nnnc1C. The topological polar surface area (TPSA) is 87.0 Å². The van der Waals surface area contributed by atoms with E-state index in [1.165, 1.54) is 94.2 Å². The highest BCUT2D eigenvalue weighted by atomic mass is 127. The Morgan fingerprint density at radius 3 is 2.00 bits per heavy atom. The lowest BCUT2D eigenvalue weighted by atomic mass is 10.0. The third-order valence-electron chi connectivity index (χ3n) is 6.12. The van der Waals surface area contributed by atoms with Crippen molar-refractivity contribution in [3.8, 4) is 0 Å². The molecule has 0 aromatic carbocycles. The minimum Gasteiger partial charge on any atom is -0.760 e. The molecule has 2 unspecified atom stereocenters. The summed E-state index contributed by atoms with van der Waals surface area (Å²) in [6, 6.07) is -0.0428. The Hall–Kier alpha value is 0.220. The lowest BCUT2D eigenvalue weighted by Gasteiger charge is -2.28. The quantitative estimate of drug-likeness (QED) is 0.0551. The van der Waals surface area contributed by atoms with Crippen molar-refractivity contribution in [3.63, 3.8) is 0 Å². The van der Waals surface area contributed by atoms with Gasteiger partial charge in [0.2, 0.25) is 0 Å². The van der Waals surface area contributed by atoms with E-state index in [4.69, 9.17) is 0 Å². The van der Waals surface area contributed by atoms with Crippen molar-refractivity contribution < 1.29 is 8.76 Å². The molecule has 0 aliphatic heterocycles. The summed E-state index contributed by atoms with van der Waals surface area (Å²) in [5.74, 6) is 2.65. The number of thioether (sulfide) groups is 1. The smallest absolute Gasteiger partial charge is 0.148 e. The van der Waals surface area contributed by atoms with Crippen molar-refractivity contribution in [2.24, 2.45) is 0 Å². The van der Waals surface area contributed by atoms with E-state index in [0.717, 1.165) is 28.2 Å². The number of hydrogen-bond donors (Lipinski definition) is 0. The van der Waals surface area contributed by atoms with E-state index in [0.29, 0.717) is 13.1 Å². The van der Waals surface area contributed by atoms with Gasteiger partial charge in [0.05, 0.1) is 6.04 Å². The predicted octanol–water partition coefficient (Wildman–Crippen LogP) is 6.66. The number of rotatable bonds is 24. The standard InChI is InChI=1S/C24H48IN5O2S2/c1-3-4-5-6-7-8-9-10-11-12-13-14-15-16-20-33-22-24(30-23(2)26-27-28-30)21-29(34(31)32)19-17-18-25/h24H,3-22H2,1-2H3,(H,31,32)/p-1. The number of unbranched alkanes of at least 4 members (excludes halogenated alkanes) is 13. The van der Waals surface area contributed by atoms with E-state index in [9.17, 15) is 8.76 Å². The van der Waals surface area contributed by atoms with Gasteiger partial charge in [-0.25, -0.2) is 8.99 Å². The molecular weight excluding hydrogens is 581 g/mol. The van der Waals surface area contributed by atoms with Crippen LogP contribution >= 0.6 is 34.4 Å². The highest BCUT2D eigenvalue weighted by Gasteiger charge is 2.20. The summed E-state index contributed by atoms with van der Waals surface area (Å²) < 4.78 is 27.6. The van der Waals surface area contributed by atoms with Gasteiger partial charge in [0.15, 0.2) is 0 Å². The Kier molecular flexibility index (Phi) is 21.3. The van der Waals surface area contributed by atoms with Crippen molar-refractivity contribution in [3.05, 3.63) is 5.82 Å². The first-order chi connectivity index (χ1) is 16.6. The van der Waals surface area contributed by atoms with Gasteiger partial charge >= 0.3 is 0 Å². The van der Waals surface area contributed by atoms with Crippen molar-refractivity contribution in [1.29, 1.82) is 0 Å². The minimum atomic E-state index is -2.22. The van der Waals surface area contributed by atoms with E-state index < -0.39 is 11.3 Å². The van der Waals surface area contributed by atoms with Crippen molar-refractivity contribution in [2.45, 2.75) is 116 Å². The molecule has 0 bridgehead atoms. The second kappa shape index (κ2) is 22.4. The van der Waals surface area contributed by atoms with E-state index >= 15 is 0 Å². The van der Waals surface area contributed by atoms with Crippen LogP contribution in [0.5, 0.6) is 0 Å². The third-order valence-corrected chi connectivity index (χ3v) is 8.84. The molecule has 200 valence electrons. The van der Waals surface area contributed by atoms with E-state index in [-0.39, 0.29) is 6.04 Å². The first-order valence-electron chi connectivity index (χ1n) is 13.3. The molecule has 0 saturated carbocycles. The monoisotopic (exact) mass is 628 g/mol. The molecule has 0 fully saturated rings. The molecule has 1 aromatic rings. The van der Waals surface area contributed by atoms with Crippen LogP contribution in [0, 0.1) is 6.92 Å². The summed E-state index contributed by atoms with van der Waals surface area (Å²) in [7, 11) is 0. The lowest BCUT2D eigenvalue weighted by molar-refractivity contribution is 0.325. The highest BCUT2D eigenvalue weighted by Crippen LogP contribution is 2.19. The number of hydrogen-bond acceptors (Lipinski definition) is 6. The second-order valence-electron chi connectivity index (χ2n) is 9.14. The summed E-state index contributed by atoms with van der Waals surface area (Å²) in [6.07, 6.45) is 20.1. The minimum absolute atomic E-state index is 0.0428. The predicted molar refractivity (Wildman–Crippen MR) is 153 cm³/mol. The molecule has 34 heavy (non-hydrogen) atoms. The van der Waals surface area contributed by atoms with Crippen molar-refractivity contribution in [2.75, 3.05) is 29.0 Å². The Balaban J connectivity index is 2.13. The summed E-state index contributed by atoms with van der Waals surface area (Å²) in [6.45, 7) is 5.11. The maximum Gasteiger partial charge on any atom is 0.148 e. The molecule has 0 amide bonds. The molecule has 0 radical (unpaired) electrons.